The van der Waals surface area contributed by atoms with E-state index in [2.05, 4.69) is 29.4 Å². The van der Waals surface area contributed by atoms with Crippen molar-refractivity contribution in [3.63, 3.8) is 0 Å². The zero-order valence-corrected chi connectivity index (χ0v) is 19.7. The van der Waals surface area contributed by atoms with Gasteiger partial charge in [-0.25, -0.2) is 4.39 Å². The van der Waals surface area contributed by atoms with Crippen LogP contribution >= 0.6 is 11.8 Å². The molecule has 1 atom stereocenters. The van der Waals surface area contributed by atoms with Crippen LogP contribution in [-0.2, 0) is 4.93 Å². The van der Waals surface area contributed by atoms with Gasteiger partial charge in [0.05, 0.1) is 6.54 Å². The quantitative estimate of drug-likeness (QED) is 0.636. The Hall–Kier alpha value is -2.09. The third-order valence-electron chi connectivity index (χ3n) is 5.94. The second kappa shape index (κ2) is 9.59. The van der Waals surface area contributed by atoms with Gasteiger partial charge in [-0.3, -0.25) is 9.69 Å². The molecule has 1 fully saturated rings. The van der Waals surface area contributed by atoms with Crippen molar-refractivity contribution < 1.29 is 13.9 Å². The van der Waals surface area contributed by atoms with Crippen molar-refractivity contribution in [2.75, 3.05) is 39.5 Å². The second-order valence-electron chi connectivity index (χ2n) is 8.54. The first-order valence-electron chi connectivity index (χ1n) is 10.5. The van der Waals surface area contributed by atoms with Gasteiger partial charge in [-0.05, 0) is 62.9 Å². The van der Waals surface area contributed by atoms with Crippen LogP contribution in [0.15, 0.2) is 42.5 Å². The number of rotatable bonds is 7. The van der Waals surface area contributed by atoms with E-state index in [1.165, 1.54) is 0 Å². The molecule has 1 unspecified atom stereocenters. The first kappa shape index (κ1) is 23.6. The standard InChI is InChI=1S/C24H32FN3O2S/c1-17-6-9-19(14-21(17)25)24(31-5,16-28-13-12-27-15-23(28,2)3)30-20-10-7-18(8-11-20)22(29)26-4/h6-11,14,27H,12-13,15-16H2,1-5H3,(H,26,29). The highest BCUT2D eigenvalue weighted by atomic mass is 32.2. The number of carbonyl (C=O) groups excluding carboxylic acids is 1. The molecule has 5 nitrogen and oxygen atoms in total. The number of nitrogens with zero attached hydrogens (tertiary/aromatic N) is 1. The Morgan fingerprint density at radius 1 is 1.29 bits per heavy atom. The molecule has 2 aromatic rings. The van der Waals surface area contributed by atoms with Crippen LogP contribution in [0.2, 0.25) is 0 Å². The first-order chi connectivity index (χ1) is 14.7. The van der Waals surface area contributed by atoms with E-state index >= 15 is 0 Å². The van der Waals surface area contributed by atoms with Gasteiger partial charge in [0.1, 0.15) is 11.6 Å². The molecule has 31 heavy (non-hydrogen) atoms. The summed E-state index contributed by atoms with van der Waals surface area (Å²) in [4.78, 5) is 13.5. The number of benzene rings is 2. The number of thioether (sulfide) groups is 1. The van der Waals surface area contributed by atoms with Crippen molar-refractivity contribution in [3.8, 4) is 5.75 Å². The van der Waals surface area contributed by atoms with Gasteiger partial charge in [-0.2, -0.15) is 0 Å². The summed E-state index contributed by atoms with van der Waals surface area (Å²) in [7, 11) is 1.60. The van der Waals surface area contributed by atoms with E-state index in [0.29, 0.717) is 23.4 Å². The highest BCUT2D eigenvalue weighted by molar-refractivity contribution is 7.99. The largest absolute Gasteiger partial charge is 0.471 e. The van der Waals surface area contributed by atoms with E-state index in [1.807, 2.05) is 12.3 Å². The molecule has 7 heteroatoms. The number of nitrogens with one attached hydrogen (secondary N) is 2. The summed E-state index contributed by atoms with van der Waals surface area (Å²) in [6.07, 6.45) is 1.99. The predicted octanol–water partition coefficient (Wildman–Crippen LogP) is 3.77. The zero-order valence-electron chi connectivity index (χ0n) is 18.9. The Bertz CT molecular complexity index is 920. The Balaban J connectivity index is 2.00. The minimum absolute atomic E-state index is 0.0606. The van der Waals surface area contributed by atoms with Crippen molar-refractivity contribution in [3.05, 3.63) is 65.0 Å². The van der Waals surface area contributed by atoms with E-state index in [0.717, 1.165) is 25.2 Å². The fourth-order valence-corrected chi connectivity index (χ4v) is 4.64. The second-order valence-corrected chi connectivity index (χ2v) is 9.61. The molecule has 1 amide bonds. The van der Waals surface area contributed by atoms with Crippen LogP contribution in [0.1, 0.15) is 35.3 Å². The lowest BCUT2D eigenvalue weighted by Gasteiger charge is -2.47. The molecule has 3 rings (SSSR count). The van der Waals surface area contributed by atoms with Crippen molar-refractivity contribution in [1.82, 2.24) is 15.5 Å². The van der Waals surface area contributed by atoms with Gasteiger partial charge in [0.2, 0.25) is 0 Å². The number of halogens is 1. The van der Waals surface area contributed by atoms with Crippen LogP contribution in [-0.4, -0.2) is 55.8 Å². The van der Waals surface area contributed by atoms with Gasteiger partial charge in [-0.15, -0.1) is 11.8 Å². The molecule has 0 radical (unpaired) electrons. The smallest absolute Gasteiger partial charge is 0.251 e. The molecule has 1 heterocycles. The molecule has 168 valence electrons. The van der Waals surface area contributed by atoms with Gasteiger partial charge in [0.15, 0.2) is 4.93 Å². The predicted molar refractivity (Wildman–Crippen MR) is 125 cm³/mol. The number of amides is 1. The molecule has 0 aromatic heterocycles. The lowest BCUT2D eigenvalue weighted by atomic mass is 9.97. The van der Waals surface area contributed by atoms with Crippen molar-refractivity contribution in [2.24, 2.45) is 0 Å². The Morgan fingerprint density at radius 3 is 2.58 bits per heavy atom. The topological polar surface area (TPSA) is 53.6 Å². The van der Waals surface area contributed by atoms with Crippen molar-refractivity contribution in [1.29, 1.82) is 0 Å². The molecular formula is C24H32FN3O2S. The molecular weight excluding hydrogens is 413 g/mol. The third kappa shape index (κ3) is 5.22. The van der Waals surface area contributed by atoms with Crippen LogP contribution in [0.4, 0.5) is 4.39 Å². The number of piperazine rings is 1. The molecule has 2 N–H and O–H groups in total. The summed E-state index contributed by atoms with van der Waals surface area (Å²) in [5.41, 5.74) is 1.90. The van der Waals surface area contributed by atoms with Crippen molar-refractivity contribution >= 4 is 17.7 Å². The van der Waals surface area contributed by atoms with Crippen LogP contribution in [0.3, 0.4) is 0 Å². The van der Waals surface area contributed by atoms with E-state index < -0.39 is 4.93 Å². The van der Waals surface area contributed by atoms with Crippen molar-refractivity contribution in [2.45, 2.75) is 31.2 Å². The molecule has 2 aromatic carbocycles. The Labute approximate surface area is 188 Å². The molecule has 1 aliphatic heterocycles. The lowest BCUT2D eigenvalue weighted by molar-refractivity contribution is 0.0283. The number of ether oxygens (including phenoxy) is 1. The maximum atomic E-state index is 14.6. The SMILES string of the molecule is CNC(=O)c1ccc(OC(CN2CCNCC2(C)C)(SC)c2ccc(C)c(F)c2)cc1. The third-order valence-corrected chi connectivity index (χ3v) is 7.05. The number of carbonyl (C=O) groups is 1. The summed E-state index contributed by atoms with van der Waals surface area (Å²) >= 11 is 1.56. The highest BCUT2D eigenvalue weighted by Gasteiger charge is 2.41. The van der Waals surface area contributed by atoms with Gasteiger partial charge in [0, 0.05) is 43.3 Å². The minimum Gasteiger partial charge on any atom is -0.471 e. The molecule has 1 saturated heterocycles. The van der Waals surface area contributed by atoms with E-state index in [-0.39, 0.29) is 17.3 Å². The average molecular weight is 446 g/mol. The van der Waals surface area contributed by atoms with E-state index in [4.69, 9.17) is 4.74 Å². The molecule has 0 spiro atoms. The lowest BCUT2D eigenvalue weighted by Crippen LogP contribution is -2.61. The summed E-state index contributed by atoms with van der Waals surface area (Å²) in [6.45, 7) is 9.43. The van der Waals surface area contributed by atoms with Gasteiger partial charge in [0.25, 0.3) is 5.91 Å². The zero-order chi connectivity index (χ0) is 22.6. The maximum Gasteiger partial charge on any atom is 0.251 e. The van der Waals surface area contributed by atoms with Gasteiger partial charge >= 0.3 is 0 Å². The number of aryl methyl sites for hydroxylation is 1. The minimum atomic E-state index is -0.808. The van der Waals surface area contributed by atoms with E-state index in [1.54, 1.807) is 62.1 Å². The van der Waals surface area contributed by atoms with Crippen LogP contribution in [0, 0.1) is 12.7 Å². The summed E-state index contributed by atoms with van der Waals surface area (Å²) in [5.74, 6) is 0.246. The van der Waals surface area contributed by atoms with E-state index in [9.17, 15) is 9.18 Å². The Kier molecular flexibility index (Phi) is 7.29. The highest BCUT2D eigenvalue weighted by Crippen LogP contribution is 2.40. The summed E-state index contributed by atoms with van der Waals surface area (Å²) in [6, 6.07) is 12.4. The monoisotopic (exact) mass is 445 g/mol. The molecule has 0 saturated carbocycles. The maximum absolute atomic E-state index is 14.6. The number of hydrogen-bond acceptors (Lipinski definition) is 5. The average Bonchev–Trinajstić information content (AvgIpc) is 2.76. The fraction of sp³-hybridized carbons (Fsp3) is 0.458. The molecule has 0 bridgehead atoms. The summed E-state index contributed by atoms with van der Waals surface area (Å²) < 4.78 is 21.2. The van der Waals surface area contributed by atoms with Crippen LogP contribution < -0.4 is 15.4 Å². The first-order valence-corrected chi connectivity index (χ1v) is 11.7. The Morgan fingerprint density at radius 2 is 2.00 bits per heavy atom. The summed E-state index contributed by atoms with van der Waals surface area (Å²) in [5, 5.41) is 6.07. The van der Waals surface area contributed by atoms with Crippen LogP contribution in [0.5, 0.6) is 5.75 Å². The van der Waals surface area contributed by atoms with Gasteiger partial charge in [-0.1, -0.05) is 12.1 Å². The molecule has 0 aliphatic carbocycles. The van der Waals surface area contributed by atoms with Crippen LogP contribution in [0.25, 0.3) is 0 Å². The molecule has 1 aliphatic rings. The number of hydrogen-bond donors (Lipinski definition) is 2. The fourth-order valence-electron chi connectivity index (χ4n) is 3.81. The normalized spacial score (nSPS) is 18.3. The van der Waals surface area contributed by atoms with Gasteiger partial charge < -0.3 is 15.4 Å².